The number of anilines is 1. The summed E-state index contributed by atoms with van der Waals surface area (Å²) in [5.74, 6) is 0.439. The Balaban J connectivity index is 2.04. The van der Waals surface area contributed by atoms with Crippen molar-refractivity contribution in [1.29, 1.82) is 0 Å². The number of carbonyl (C=O) groups is 2. The molecule has 2 aromatic carbocycles. The van der Waals surface area contributed by atoms with Gasteiger partial charge in [-0.25, -0.2) is 4.90 Å². The van der Waals surface area contributed by atoms with E-state index in [-0.39, 0.29) is 11.1 Å². The Morgan fingerprint density at radius 2 is 1.80 bits per heavy atom. The molecule has 5 heteroatoms. The van der Waals surface area contributed by atoms with Crippen molar-refractivity contribution in [2.24, 2.45) is 0 Å². The lowest BCUT2D eigenvalue weighted by atomic mass is 10.1. The molecule has 0 atom stereocenters. The first kappa shape index (κ1) is 17.3. The number of amides is 2. The zero-order valence-electron chi connectivity index (χ0n) is 14.6. The maximum absolute atomic E-state index is 12.9. The molecule has 2 aromatic rings. The fourth-order valence-electron chi connectivity index (χ4n) is 2.77. The van der Waals surface area contributed by atoms with Crippen LogP contribution in [-0.4, -0.2) is 18.3 Å². The van der Waals surface area contributed by atoms with E-state index in [1.165, 1.54) is 4.90 Å². The molecular formula is C20H19NO3S. The van der Waals surface area contributed by atoms with Gasteiger partial charge in [0, 0.05) is 0 Å². The molecule has 0 spiro atoms. The van der Waals surface area contributed by atoms with E-state index in [1.54, 1.807) is 7.11 Å². The zero-order valence-corrected chi connectivity index (χ0v) is 15.4. The van der Waals surface area contributed by atoms with Gasteiger partial charge in [-0.3, -0.25) is 9.59 Å². The van der Waals surface area contributed by atoms with Gasteiger partial charge in [0.1, 0.15) is 5.75 Å². The predicted octanol–water partition coefficient (Wildman–Crippen LogP) is 4.94. The van der Waals surface area contributed by atoms with Crippen LogP contribution >= 0.6 is 11.8 Å². The number of nitrogens with zero attached hydrogens (tertiary/aromatic N) is 1. The van der Waals surface area contributed by atoms with E-state index < -0.39 is 0 Å². The number of methoxy groups -OCH3 is 1. The summed E-state index contributed by atoms with van der Waals surface area (Å²) in [7, 11) is 1.60. The largest absolute Gasteiger partial charge is 0.497 e. The molecular weight excluding hydrogens is 334 g/mol. The summed E-state index contributed by atoms with van der Waals surface area (Å²) < 4.78 is 5.24. The summed E-state index contributed by atoms with van der Waals surface area (Å²) in [5.41, 5.74) is 4.27. The molecule has 128 valence electrons. The number of ether oxygens (including phenoxy) is 1. The molecule has 25 heavy (non-hydrogen) atoms. The van der Waals surface area contributed by atoms with E-state index in [1.807, 2.05) is 63.2 Å². The van der Waals surface area contributed by atoms with Crippen LogP contribution in [0.4, 0.5) is 10.5 Å². The number of allylic oxidation sites excluding steroid dienone is 1. The van der Waals surface area contributed by atoms with Crippen molar-refractivity contribution in [3.8, 4) is 5.75 Å². The van der Waals surface area contributed by atoms with E-state index in [4.69, 9.17) is 4.74 Å². The third-order valence-electron chi connectivity index (χ3n) is 4.43. The summed E-state index contributed by atoms with van der Waals surface area (Å²) in [6.45, 7) is 5.75. The standard InChI is InChI=1S/C20H19NO3S/c1-12-7-5-10-17(13(12)2)21-19(22)18(25-20(21)23)14(3)15-8-6-9-16(11-15)24-4/h5-11H,1-4H3/b18-14-. The van der Waals surface area contributed by atoms with Gasteiger partial charge in [0.2, 0.25) is 0 Å². The van der Waals surface area contributed by atoms with Crippen LogP contribution in [0.15, 0.2) is 47.4 Å². The maximum Gasteiger partial charge on any atom is 0.298 e. The molecule has 0 aliphatic carbocycles. The third-order valence-corrected chi connectivity index (χ3v) is 5.47. The van der Waals surface area contributed by atoms with E-state index in [9.17, 15) is 9.59 Å². The number of carbonyl (C=O) groups excluding carboxylic acids is 2. The van der Waals surface area contributed by atoms with E-state index in [0.717, 1.165) is 34.0 Å². The molecule has 0 radical (unpaired) electrons. The minimum absolute atomic E-state index is 0.268. The maximum atomic E-state index is 12.9. The van der Waals surface area contributed by atoms with Gasteiger partial charge in [-0.1, -0.05) is 24.3 Å². The summed E-state index contributed by atoms with van der Waals surface area (Å²) in [6.07, 6.45) is 0. The first-order valence-corrected chi connectivity index (χ1v) is 8.73. The average Bonchev–Trinajstić information content (AvgIpc) is 2.91. The normalized spacial score (nSPS) is 16.4. The second-order valence-corrected chi connectivity index (χ2v) is 6.88. The minimum atomic E-state index is -0.274. The Morgan fingerprint density at radius 3 is 2.52 bits per heavy atom. The molecule has 1 fully saturated rings. The van der Waals surface area contributed by atoms with E-state index in [2.05, 4.69) is 0 Å². The van der Waals surface area contributed by atoms with Crippen LogP contribution < -0.4 is 9.64 Å². The fraction of sp³-hybridized carbons (Fsp3) is 0.200. The van der Waals surface area contributed by atoms with Crippen LogP contribution in [-0.2, 0) is 4.79 Å². The van der Waals surface area contributed by atoms with Crippen LogP contribution in [0.2, 0.25) is 0 Å². The summed E-state index contributed by atoms with van der Waals surface area (Å²) in [6, 6.07) is 13.1. The second kappa shape index (κ2) is 6.76. The van der Waals surface area contributed by atoms with Crippen molar-refractivity contribution in [2.45, 2.75) is 20.8 Å². The summed E-state index contributed by atoms with van der Waals surface area (Å²) >= 11 is 0.984. The van der Waals surface area contributed by atoms with Gasteiger partial charge in [-0.15, -0.1) is 0 Å². The molecule has 3 rings (SSSR count). The van der Waals surface area contributed by atoms with Crippen molar-refractivity contribution in [1.82, 2.24) is 0 Å². The second-order valence-electron chi connectivity index (χ2n) is 5.91. The third kappa shape index (κ3) is 3.07. The average molecular weight is 353 g/mol. The molecule has 0 N–H and O–H groups in total. The van der Waals surface area contributed by atoms with Crippen molar-refractivity contribution in [3.05, 3.63) is 64.1 Å². The number of benzene rings is 2. The first-order valence-electron chi connectivity index (χ1n) is 7.92. The monoisotopic (exact) mass is 353 g/mol. The Bertz CT molecular complexity index is 902. The number of rotatable bonds is 3. The van der Waals surface area contributed by atoms with E-state index >= 15 is 0 Å². The van der Waals surface area contributed by atoms with Gasteiger partial charge in [-0.05, 0) is 73.0 Å². The fourth-order valence-corrected chi connectivity index (χ4v) is 3.67. The smallest absolute Gasteiger partial charge is 0.298 e. The number of thioether (sulfide) groups is 1. The molecule has 0 aromatic heterocycles. The van der Waals surface area contributed by atoms with Crippen molar-refractivity contribution < 1.29 is 14.3 Å². The Morgan fingerprint density at radius 1 is 1.08 bits per heavy atom. The van der Waals surface area contributed by atoms with Crippen molar-refractivity contribution >= 4 is 34.2 Å². The Kier molecular flexibility index (Phi) is 4.68. The molecule has 1 saturated heterocycles. The Hall–Kier alpha value is -2.53. The molecule has 4 nitrogen and oxygen atoms in total. The molecule has 1 aliphatic heterocycles. The Labute approximate surface area is 151 Å². The van der Waals surface area contributed by atoms with Gasteiger partial charge in [-0.2, -0.15) is 0 Å². The number of aryl methyl sites for hydroxylation is 1. The lowest BCUT2D eigenvalue weighted by Gasteiger charge is -2.16. The van der Waals surface area contributed by atoms with Crippen LogP contribution in [0.1, 0.15) is 23.6 Å². The molecule has 1 aliphatic rings. The number of hydrogen-bond acceptors (Lipinski definition) is 4. The summed E-state index contributed by atoms with van der Waals surface area (Å²) in [5, 5.41) is -0.268. The highest BCUT2D eigenvalue weighted by Gasteiger charge is 2.38. The topological polar surface area (TPSA) is 46.6 Å². The molecule has 0 unspecified atom stereocenters. The van der Waals surface area contributed by atoms with Gasteiger partial charge in [0.15, 0.2) is 0 Å². The molecule has 0 saturated carbocycles. The number of hydrogen-bond donors (Lipinski definition) is 0. The minimum Gasteiger partial charge on any atom is -0.497 e. The molecule has 0 bridgehead atoms. The molecule has 2 amide bonds. The highest BCUT2D eigenvalue weighted by Crippen LogP contribution is 2.40. The van der Waals surface area contributed by atoms with Crippen LogP contribution in [0.25, 0.3) is 5.57 Å². The van der Waals surface area contributed by atoms with Gasteiger partial charge < -0.3 is 4.74 Å². The molecule has 1 heterocycles. The SMILES string of the molecule is COc1cccc(/C(C)=C2\SC(=O)N(c3cccc(C)c3C)C2=O)c1. The zero-order chi connectivity index (χ0) is 18.1. The summed E-state index contributed by atoms with van der Waals surface area (Å²) in [4.78, 5) is 27.2. The van der Waals surface area contributed by atoms with Crippen molar-refractivity contribution in [3.63, 3.8) is 0 Å². The van der Waals surface area contributed by atoms with Crippen LogP contribution in [0.3, 0.4) is 0 Å². The van der Waals surface area contributed by atoms with Crippen LogP contribution in [0.5, 0.6) is 5.75 Å². The first-order chi connectivity index (χ1) is 11.9. The van der Waals surface area contributed by atoms with Gasteiger partial charge >= 0.3 is 0 Å². The van der Waals surface area contributed by atoms with Gasteiger partial charge in [0.25, 0.3) is 11.1 Å². The number of imide groups is 1. The predicted molar refractivity (Wildman–Crippen MR) is 102 cm³/mol. The van der Waals surface area contributed by atoms with Gasteiger partial charge in [0.05, 0.1) is 17.7 Å². The lowest BCUT2D eigenvalue weighted by molar-refractivity contribution is -0.113. The van der Waals surface area contributed by atoms with E-state index in [0.29, 0.717) is 16.3 Å². The van der Waals surface area contributed by atoms with Crippen LogP contribution in [0, 0.1) is 13.8 Å². The highest BCUT2D eigenvalue weighted by atomic mass is 32.2. The lowest BCUT2D eigenvalue weighted by Crippen LogP contribution is -2.28. The highest BCUT2D eigenvalue weighted by molar-refractivity contribution is 8.19. The van der Waals surface area contributed by atoms with Crippen molar-refractivity contribution in [2.75, 3.05) is 12.0 Å². The quantitative estimate of drug-likeness (QED) is 0.733.